The standard InChI is InChI=1S/C22H18FN3O2/c1-27-18-8-5-16(13-19(18)28-2)22-25-20(14-3-6-17(23)7-4-14)21(26-22)15-9-11-24-12-10-15/h3-13H,1-2H3,(H,25,26). The van der Waals surface area contributed by atoms with Gasteiger partial charge in [0.05, 0.1) is 25.6 Å². The number of hydrogen-bond acceptors (Lipinski definition) is 4. The molecule has 0 atom stereocenters. The maximum Gasteiger partial charge on any atom is 0.161 e. The molecular formula is C22H18FN3O2. The third-order valence-electron chi connectivity index (χ3n) is 4.45. The Morgan fingerprint density at radius 1 is 0.786 bits per heavy atom. The molecular weight excluding hydrogens is 357 g/mol. The predicted octanol–water partition coefficient (Wildman–Crippen LogP) is 4.96. The van der Waals surface area contributed by atoms with Crippen molar-refractivity contribution in [3.05, 3.63) is 72.8 Å². The summed E-state index contributed by atoms with van der Waals surface area (Å²) >= 11 is 0. The first-order valence-corrected chi connectivity index (χ1v) is 8.68. The first kappa shape index (κ1) is 17.7. The number of hydrogen-bond donors (Lipinski definition) is 1. The third kappa shape index (κ3) is 3.32. The van der Waals surface area contributed by atoms with E-state index in [0.29, 0.717) is 17.3 Å². The lowest BCUT2D eigenvalue weighted by molar-refractivity contribution is 0.355. The number of halogens is 1. The molecule has 0 aliphatic rings. The van der Waals surface area contributed by atoms with Gasteiger partial charge in [-0.2, -0.15) is 0 Å². The molecule has 2 aromatic heterocycles. The van der Waals surface area contributed by atoms with Gasteiger partial charge in [-0.05, 0) is 54.6 Å². The van der Waals surface area contributed by atoms with Crippen LogP contribution in [-0.2, 0) is 0 Å². The van der Waals surface area contributed by atoms with E-state index >= 15 is 0 Å². The van der Waals surface area contributed by atoms with Crippen LogP contribution in [0.15, 0.2) is 67.0 Å². The Morgan fingerprint density at radius 3 is 2.14 bits per heavy atom. The number of H-pyrrole nitrogens is 1. The van der Waals surface area contributed by atoms with E-state index in [1.54, 1.807) is 38.7 Å². The van der Waals surface area contributed by atoms with Crippen LogP contribution in [0.3, 0.4) is 0 Å². The molecule has 0 amide bonds. The normalized spacial score (nSPS) is 10.7. The van der Waals surface area contributed by atoms with Gasteiger partial charge in [-0.3, -0.25) is 4.98 Å². The van der Waals surface area contributed by atoms with Crippen molar-refractivity contribution in [3.8, 4) is 45.4 Å². The van der Waals surface area contributed by atoms with E-state index in [1.807, 2.05) is 30.3 Å². The van der Waals surface area contributed by atoms with Crippen molar-refractivity contribution in [2.75, 3.05) is 14.2 Å². The second kappa shape index (κ2) is 7.52. The number of nitrogens with one attached hydrogen (secondary N) is 1. The Morgan fingerprint density at radius 2 is 1.46 bits per heavy atom. The SMILES string of the molecule is COc1ccc(-c2nc(-c3ccc(F)cc3)c(-c3ccncc3)[nH]2)cc1OC. The van der Waals surface area contributed by atoms with Gasteiger partial charge in [0.15, 0.2) is 11.5 Å². The smallest absolute Gasteiger partial charge is 0.161 e. The van der Waals surface area contributed by atoms with Crippen molar-refractivity contribution in [2.24, 2.45) is 0 Å². The van der Waals surface area contributed by atoms with Gasteiger partial charge in [-0.25, -0.2) is 9.37 Å². The Hall–Kier alpha value is -3.67. The molecule has 1 N–H and O–H groups in total. The van der Waals surface area contributed by atoms with Gasteiger partial charge in [0.2, 0.25) is 0 Å². The van der Waals surface area contributed by atoms with E-state index in [9.17, 15) is 4.39 Å². The van der Waals surface area contributed by atoms with Crippen LogP contribution in [0, 0.1) is 5.82 Å². The van der Waals surface area contributed by atoms with Gasteiger partial charge in [0, 0.05) is 29.1 Å². The highest BCUT2D eigenvalue weighted by Crippen LogP contribution is 2.36. The van der Waals surface area contributed by atoms with Crippen LogP contribution < -0.4 is 9.47 Å². The van der Waals surface area contributed by atoms with E-state index in [0.717, 1.165) is 28.1 Å². The summed E-state index contributed by atoms with van der Waals surface area (Å²) in [6, 6.07) is 15.7. The Labute approximate surface area is 161 Å². The average molecular weight is 375 g/mol. The molecule has 2 aromatic carbocycles. The summed E-state index contributed by atoms with van der Waals surface area (Å²) in [5.74, 6) is 1.65. The molecule has 6 heteroatoms. The highest BCUT2D eigenvalue weighted by atomic mass is 19.1. The minimum absolute atomic E-state index is 0.287. The number of aromatic amines is 1. The molecule has 0 aliphatic heterocycles. The van der Waals surface area contributed by atoms with E-state index in [-0.39, 0.29) is 5.82 Å². The minimum Gasteiger partial charge on any atom is -0.493 e. The second-order valence-corrected chi connectivity index (χ2v) is 6.12. The van der Waals surface area contributed by atoms with Crippen LogP contribution in [0.1, 0.15) is 0 Å². The fraction of sp³-hybridized carbons (Fsp3) is 0.0909. The number of nitrogens with zero attached hydrogens (tertiary/aromatic N) is 2. The molecule has 140 valence electrons. The topological polar surface area (TPSA) is 60.0 Å². The molecule has 0 unspecified atom stereocenters. The number of aromatic nitrogens is 3. The summed E-state index contributed by atoms with van der Waals surface area (Å²) in [6.45, 7) is 0. The van der Waals surface area contributed by atoms with Crippen molar-refractivity contribution < 1.29 is 13.9 Å². The van der Waals surface area contributed by atoms with Gasteiger partial charge in [-0.15, -0.1) is 0 Å². The van der Waals surface area contributed by atoms with Gasteiger partial charge in [-0.1, -0.05) is 0 Å². The molecule has 4 aromatic rings. The Bertz CT molecular complexity index is 1090. The maximum atomic E-state index is 13.4. The lowest BCUT2D eigenvalue weighted by Gasteiger charge is -2.08. The van der Waals surface area contributed by atoms with E-state index in [1.165, 1.54) is 12.1 Å². The Kier molecular flexibility index (Phi) is 4.76. The zero-order chi connectivity index (χ0) is 19.5. The highest BCUT2D eigenvalue weighted by Gasteiger charge is 2.16. The Balaban J connectivity index is 1.87. The molecule has 5 nitrogen and oxygen atoms in total. The number of pyridine rings is 1. The van der Waals surface area contributed by atoms with Crippen LogP contribution in [-0.4, -0.2) is 29.2 Å². The van der Waals surface area contributed by atoms with Crippen molar-refractivity contribution in [1.29, 1.82) is 0 Å². The zero-order valence-electron chi connectivity index (χ0n) is 15.4. The van der Waals surface area contributed by atoms with Gasteiger partial charge in [0.1, 0.15) is 11.6 Å². The lowest BCUT2D eigenvalue weighted by atomic mass is 10.1. The van der Waals surface area contributed by atoms with E-state index in [2.05, 4.69) is 9.97 Å². The van der Waals surface area contributed by atoms with Crippen LogP contribution in [0.4, 0.5) is 4.39 Å². The number of benzene rings is 2. The second-order valence-electron chi connectivity index (χ2n) is 6.12. The van der Waals surface area contributed by atoms with E-state index < -0.39 is 0 Å². The lowest BCUT2D eigenvalue weighted by Crippen LogP contribution is -1.91. The monoisotopic (exact) mass is 375 g/mol. The van der Waals surface area contributed by atoms with Crippen molar-refractivity contribution >= 4 is 0 Å². The summed E-state index contributed by atoms with van der Waals surface area (Å²) in [4.78, 5) is 12.3. The molecule has 0 spiro atoms. The third-order valence-corrected chi connectivity index (χ3v) is 4.45. The summed E-state index contributed by atoms with van der Waals surface area (Å²) in [6.07, 6.45) is 3.45. The fourth-order valence-corrected chi connectivity index (χ4v) is 3.04. The average Bonchev–Trinajstić information content (AvgIpc) is 3.20. The first-order valence-electron chi connectivity index (χ1n) is 8.68. The van der Waals surface area contributed by atoms with Crippen LogP contribution in [0.5, 0.6) is 11.5 Å². The van der Waals surface area contributed by atoms with Crippen molar-refractivity contribution in [2.45, 2.75) is 0 Å². The molecule has 0 fully saturated rings. The highest BCUT2D eigenvalue weighted by molar-refractivity contribution is 5.81. The maximum absolute atomic E-state index is 13.4. The molecule has 0 radical (unpaired) electrons. The largest absolute Gasteiger partial charge is 0.493 e. The van der Waals surface area contributed by atoms with Crippen molar-refractivity contribution in [1.82, 2.24) is 15.0 Å². The summed E-state index contributed by atoms with van der Waals surface area (Å²) in [5.41, 5.74) is 4.17. The molecule has 0 saturated heterocycles. The molecule has 0 bridgehead atoms. The quantitative estimate of drug-likeness (QED) is 0.535. The predicted molar refractivity (Wildman–Crippen MR) is 106 cm³/mol. The zero-order valence-corrected chi connectivity index (χ0v) is 15.4. The van der Waals surface area contributed by atoms with Gasteiger partial charge >= 0.3 is 0 Å². The summed E-state index contributed by atoms with van der Waals surface area (Å²) in [5, 5.41) is 0. The molecule has 28 heavy (non-hydrogen) atoms. The van der Waals surface area contributed by atoms with Crippen molar-refractivity contribution in [3.63, 3.8) is 0 Å². The molecule has 0 saturated carbocycles. The number of methoxy groups -OCH3 is 2. The van der Waals surface area contributed by atoms with E-state index in [4.69, 9.17) is 14.5 Å². The number of rotatable bonds is 5. The summed E-state index contributed by atoms with van der Waals surface area (Å²) < 4.78 is 24.1. The number of ether oxygens (including phenoxy) is 2. The molecule has 0 aliphatic carbocycles. The first-order chi connectivity index (χ1) is 13.7. The molecule has 4 rings (SSSR count). The van der Waals surface area contributed by atoms with Gasteiger partial charge in [0.25, 0.3) is 0 Å². The number of imidazole rings is 1. The minimum atomic E-state index is -0.287. The fourth-order valence-electron chi connectivity index (χ4n) is 3.04. The summed E-state index contributed by atoms with van der Waals surface area (Å²) in [7, 11) is 3.19. The molecule has 2 heterocycles. The van der Waals surface area contributed by atoms with Crippen LogP contribution in [0.2, 0.25) is 0 Å². The van der Waals surface area contributed by atoms with Crippen LogP contribution >= 0.6 is 0 Å². The van der Waals surface area contributed by atoms with Crippen LogP contribution in [0.25, 0.3) is 33.9 Å². The van der Waals surface area contributed by atoms with Gasteiger partial charge < -0.3 is 14.5 Å².